The highest BCUT2D eigenvalue weighted by molar-refractivity contribution is 6.00. The predicted octanol–water partition coefficient (Wildman–Crippen LogP) is -0.0928. The maximum Gasteiger partial charge on any atom is 0.317 e. The molecule has 2 aromatic carbocycles. The third-order valence-electron chi connectivity index (χ3n) is 8.66. The number of hydrogen-bond donors (Lipinski definition) is 7. The first-order valence-corrected chi connectivity index (χ1v) is 17.3. The van der Waals surface area contributed by atoms with Crippen molar-refractivity contribution in [1.29, 1.82) is 0 Å². The fourth-order valence-electron chi connectivity index (χ4n) is 5.64. The third-order valence-corrected chi connectivity index (χ3v) is 8.66. The van der Waals surface area contributed by atoms with Crippen molar-refractivity contribution in [3.05, 3.63) is 65.7 Å². The highest BCUT2D eigenvalue weighted by Gasteiger charge is 2.34. The summed E-state index contributed by atoms with van der Waals surface area (Å²) in [5.41, 5.74) is 1.35. The molecule has 0 aliphatic carbocycles. The molecule has 18 nitrogen and oxygen atoms in total. The molecule has 1 fully saturated rings. The molecule has 0 bridgehead atoms. The lowest BCUT2D eigenvalue weighted by Gasteiger charge is -2.32. The first kappa shape index (κ1) is 40.0. The largest absolute Gasteiger partial charge is 0.507 e. The van der Waals surface area contributed by atoms with Gasteiger partial charge in [-0.1, -0.05) is 42.5 Å². The van der Waals surface area contributed by atoms with Crippen LogP contribution in [0.4, 0.5) is 4.79 Å². The van der Waals surface area contributed by atoms with Crippen LogP contribution >= 0.6 is 0 Å². The van der Waals surface area contributed by atoms with Gasteiger partial charge in [0.05, 0.1) is 12.1 Å². The minimum atomic E-state index is -1.08. The number of phenolic OH excluding ortho intramolecular Hbond substituents is 1. The molecule has 2 heterocycles. The SMILES string of the molecule is CN(C(=O)NCCc1ccccc1)C(CCCN(O)C(=O)CCNC(=O)CNC(=O)C1COC(c2ccccc2O)=N1)C(=O)NC1CCCN(O)C1=O. The molecule has 1 saturated heterocycles. The predicted molar refractivity (Wildman–Crippen MR) is 188 cm³/mol. The summed E-state index contributed by atoms with van der Waals surface area (Å²) in [5.74, 6) is -3.09. The van der Waals surface area contributed by atoms with Gasteiger partial charge in [0.25, 0.3) is 5.91 Å². The van der Waals surface area contributed by atoms with Gasteiger partial charge in [-0.25, -0.2) is 19.9 Å². The number of para-hydroxylation sites is 1. The zero-order valence-corrected chi connectivity index (χ0v) is 29.4. The Kier molecular flexibility index (Phi) is 14.9. The van der Waals surface area contributed by atoms with E-state index < -0.39 is 60.2 Å². The smallest absolute Gasteiger partial charge is 0.317 e. The van der Waals surface area contributed by atoms with E-state index in [0.717, 1.165) is 5.56 Å². The molecule has 0 saturated carbocycles. The van der Waals surface area contributed by atoms with E-state index in [1.807, 2.05) is 30.3 Å². The number of amides is 7. The van der Waals surface area contributed by atoms with Gasteiger partial charge in [0.2, 0.25) is 29.5 Å². The summed E-state index contributed by atoms with van der Waals surface area (Å²) in [5, 5.41) is 41.4. The highest BCUT2D eigenvalue weighted by atomic mass is 16.5. The average Bonchev–Trinajstić information content (AvgIpc) is 3.65. The van der Waals surface area contributed by atoms with Crippen molar-refractivity contribution in [3.8, 4) is 5.75 Å². The molecule has 3 unspecified atom stereocenters. The summed E-state index contributed by atoms with van der Waals surface area (Å²) in [6.45, 7) is -0.349. The van der Waals surface area contributed by atoms with Crippen molar-refractivity contribution in [3.63, 3.8) is 0 Å². The van der Waals surface area contributed by atoms with Gasteiger partial charge in [-0.15, -0.1) is 0 Å². The van der Waals surface area contributed by atoms with E-state index in [9.17, 15) is 44.3 Å². The molecule has 0 spiro atoms. The molecule has 2 aliphatic heterocycles. The minimum absolute atomic E-state index is 0.0169. The van der Waals surface area contributed by atoms with Crippen LogP contribution in [0.3, 0.4) is 0 Å². The number of carbonyl (C=O) groups is 6. The lowest BCUT2D eigenvalue weighted by Crippen LogP contribution is -2.57. The van der Waals surface area contributed by atoms with E-state index >= 15 is 0 Å². The number of piperidine rings is 1. The van der Waals surface area contributed by atoms with Crippen molar-refractivity contribution in [2.75, 3.05) is 46.4 Å². The molecule has 7 N–H and O–H groups in total. The van der Waals surface area contributed by atoms with Crippen molar-refractivity contribution in [2.24, 2.45) is 4.99 Å². The van der Waals surface area contributed by atoms with Gasteiger partial charge in [0.1, 0.15) is 24.4 Å². The molecular weight excluding hydrogens is 692 g/mol. The lowest BCUT2D eigenvalue weighted by atomic mass is 10.0. The van der Waals surface area contributed by atoms with Crippen LogP contribution in [0.1, 0.15) is 43.2 Å². The van der Waals surface area contributed by atoms with Crippen molar-refractivity contribution in [2.45, 2.75) is 56.7 Å². The Morgan fingerprint density at radius 1 is 1.02 bits per heavy atom. The Hall–Kier alpha value is -5.75. The number of hydroxylamine groups is 4. The first-order chi connectivity index (χ1) is 25.4. The Morgan fingerprint density at radius 2 is 1.75 bits per heavy atom. The second kappa shape index (κ2) is 19.7. The Morgan fingerprint density at radius 3 is 2.51 bits per heavy atom. The highest BCUT2D eigenvalue weighted by Crippen LogP contribution is 2.21. The number of ether oxygens (including phenoxy) is 1. The van der Waals surface area contributed by atoms with Gasteiger partial charge in [0, 0.05) is 39.6 Å². The van der Waals surface area contributed by atoms with E-state index in [4.69, 9.17) is 4.74 Å². The molecule has 53 heavy (non-hydrogen) atoms. The van der Waals surface area contributed by atoms with E-state index in [0.29, 0.717) is 41.5 Å². The number of likely N-dealkylation sites (N-methyl/N-ethyl adjacent to an activating group) is 1. The number of nitrogens with one attached hydrogen (secondary N) is 4. The van der Waals surface area contributed by atoms with E-state index in [1.54, 1.807) is 18.2 Å². The summed E-state index contributed by atoms with van der Waals surface area (Å²) in [4.78, 5) is 81.4. The third kappa shape index (κ3) is 11.9. The van der Waals surface area contributed by atoms with Crippen LogP contribution in [0.5, 0.6) is 5.75 Å². The number of aromatic hydroxyl groups is 1. The number of nitrogens with zero attached hydrogens (tertiary/aromatic N) is 4. The summed E-state index contributed by atoms with van der Waals surface area (Å²) in [6, 6.07) is 12.4. The van der Waals surface area contributed by atoms with Gasteiger partial charge in [0.15, 0.2) is 6.04 Å². The molecule has 2 aromatic rings. The van der Waals surface area contributed by atoms with Crippen molar-refractivity contribution >= 4 is 41.5 Å². The van der Waals surface area contributed by atoms with E-state index in [2.05, 4.69) is 26.3 Å². The maximum atomic E-state index is 13.4. The van der Waals surface area contributed by atoms with Crippen molar-refractivity contribution in [1.82, 2.24) is 36.3 Å². The van der Waals surface area contributed by atoms with Crippen LogP contribution in [-0.4, -0.2) is 137 Å². The normalized spacial score (nSPS) is 17.2. The molecule has 2 aliphatic rings. The summed E-state index contributed by atoms with van der Waals surface area (Å²) < 4.78 is 5.42. The second-order valence-electron chi connectivity index (χ2n) is 12.5. The van der Waals surface area contributed by atoms with Gasteiger partial charge >= 0.3 is 6.03 Å². The fraction of sp³-hybridized carbons (Fsp3) is 0.457. The summed E-state index contributed by atoms with van der Waals surface area (Å²) >= 11 is 0. The molecular formula is C35H46N8O10. The molecule has 3 atom stereocenters. The van der Waals surface area contributed by atoms with Gasteiger partial charge in [-0.05, 0) is 49.8 Å². The quantitative estimate of drug-likeness (QED) is 0.0840. The monoisotopic (exact) mass is 738 g/mol. The number of aliphatic imine (C=N–C) groups is 1. The summed E-state index contributed by atoms with van der Waals surface area (Å²) in [7, 11) is 1.43. The number of phenols is 1. The first-order valence-electron chi connectivity index (χ1n) is 17.3. The minimum Gasteiger partial charge on any atom is -0.507 e. The van der Waals surface area contributed by atoms with Crippen molar-refractivity contribution < 1.29 is 49.0 Å². The average molecular weight is 739 g/mol. The molecule has 286 valence electrons. The maximum absolute atomic E-state index is 13.4. The van der Waals surface area contributed by atoms with Crippen LogP contribution in [-0.2, 0) is 35.1 Å². The van der Waals surface area contributed by atoms with E-state index in [1.165, 1.54) is 18.0 Å². The zero-order chi connectivity index (χ0) is 38.3. The van der Waals surface area contributed by atoms with Gasteiger partial charge in [-0.3, -0.25) is 34.4 Å². The molecule has 0 radical (unpaired) electrons. The van der Waals surface area contributed by atoms with Gasteiger partial charge < -0.3 is 36.0 Å². The van der Waals surface area contributed by atoms with E-state index in [-0.39, 0.29) is 57.2 Å². The van der Waals surface area contributed by atoms with Crippen LogP contribution in [0.2, 0.25) is 0 Å². The standard InChI is InChI=1S/C35H46N8O10/c1-41(35(50)37-17-15-23-9-3-2-4-10-23)27(32(48)39-25-12-7-20-43(52)34(25)49)13-8-19-42(51)30(46)16-18-36-29(45)21-38-31(47)26-22-53-33(40-26)24-11-5-6-14-28(24)44/h2-6,9-11,14,25-27,44,51-52H,7-8,12-13,15-22H2,1H3,(H,36,45)(H,37,50)(H,38,47)(H,39,48). The molecule has 7 amide bonds. The van der Waals surface area contributed by atoms with Gasteiger partial charge in [-0.2, -0.15) is 0 Å². The molecule has 0 aromatic heterocycles. The molecule has 18 heteroatoms. The second-order valence-corrected chi connectivity index (χ2v) is 12.5. The van der Waals surface area contributed by atoms with Crippen LogP contribution in [0, 0.1) is 0 Å². The summed E-state index contributed by atoms with van der Waals surface area (Å²) in [6.07, 6.45) is 1.18. The fourth-order valence-corrected chi connectivity index (χ4v) is 5.64. The molecule has 4 rings (SSSR count). The number of benzene rings is 2. The van der Waals surface area contributed by atoms with Crippen LogP contribution in [0.15, 0.2) is 59.6 Å². The van der Waals surface area contributed by atoms with Crippen LogP contribution < -0.4 is 21.3 Å². The number of carbonyl (C=O) groups excluding carboxylic acids is 6. The Bertz CT molecular complexity index is 1640. The number of rotatable bonds is 17. The number of urea groups is 1. The number of hydrogen-bond acceptors (Lipinski definition) is 11. The lowest BCUT2D eigenvalue weighted by molar-refractivity contribution is -0.173. The topological polar surface area (TPSA) is 243 Å². The Labute approximate surface area is 306 Å². The zero-order valence-electron chi connectivity index (χ0n) is 29.4. The Balaban J connectivity index is 1.20. The van der Waals surface area contributed by atoms with Crippen LogP contribution in [0.25, 0.3) is 0 Å².